The van der Waals surface area contributed by atoms with E-state index in [1.165, 1.54) is 5.56 Å². The monoisotopic (exact) mass is 474 g/mol. The number of aliphatic hydroxyl groups is 1. The Labute approximate surface area is 206 Å². The molecule has 0 fully saturated rings. The Morgan fingerprint density at radius 3 is 2.57 bits per heavy atom. The Morgan fingerprint density at radius 1 is 1.17 bits per heavy atom. The molecule has 5 rings (SSSR count). The van der Waals surface area contributed by atoms with E-state index in [0.29, 0.717) is 42.3 Å². The fourth-order valence-corrected chi connectivity index (χ4v) is 5.50. The lowest BCUT2D eigenvalue weighted by Crippen LogP contribution is -2.43. The largest absolute Gasteiger partial charge is 0.377 e. The summed E-state index contributed by atoms with van der Waals surface area (Å²) in [4.78, 5) is 31.1. The zero-order valence-electron chi connectivity index (χ0n) is 21.5. The highest BCUT2D eigenvalue weighted by Crippen LogP contribution is 2.40. The fraction of sp³-hybridized carbons (Fsp3) is 0.483. The third-order valence-corrected chi connectivity index (χ3v) is 7.49. The molecule has 0 amide bonds. The summed E-state index contributed by atoms with van der Waals surface area (Å²) in [6.07, 6.45) is 0.804. The minimum Gasteiger partial charge on any atom is -0.377 e. The zero-order chi connectivity index (χ0) is 25.3. The molecule has 1 aliphatic heterocycles. The van der Waals surface area contributed by atoms with Gasteiger partial charge in [0.2, 0.25) is 0 Å². The van der Waals surface area contributed by atoms with Gasteiger partial charge < -0.3 is 14.4 Å². The molecule has 0 saturated carbocycles. The maximum atomic E-state index is 13.5. The lowest BCUT2D eigenvalue weighted by atomic mass is 9.77. The second-order valence-corrected chi connectivity index (χ2v) is 11.2. The standard InChI is InChI=1S/C29H34N2O4/c1-7-29(34)22-13-24-26-17(14-31(24)27(33)19(22)9-11-25(29)32)12-20-21(15-35-28(4,5)6)18(16(2)3)8-10-23(20)30-26/h8,10,12-13,16,34H,7,9,11,14-15H2,1-6H3/t29-/m0/s1. The molecular formula is C29H34N2O4. The quantitative estimate of drug-likeness (QED) is 0.451. The maximum absolute atomic E-state index is 13.5. The van der Waals surface area contributed by atoms with Gasteiger partial charge in [0.15, 0.2) is 5.78 Å². The third kappa shape index (κ3) is 3.74. The summed E-state index contributed by atoms with van der Waals surface area (Å²) in [5.41, 5.74) is 4.62. The van der Waals surface area contributed by atoms with Crippen LogP contribution in [0, 0.1) is 0 Å². The lowest BCUT2D eigenvalue weighted by molar-refractivity contribution is -0.140. The van der Waals surface area contributed by atoms with Crippen LogP contribution in [0.3, 0.4) is 0 Å². The molecule has 0 saturated heterocycles. The predicted octanol–water partition coefficient (Wildman–Crippen LogP) is 4.98. The van der Waals surface area contributed by atoms with Crippen molar-refractivity contribution in [2.75, 3.05) is 0 Å². The SMILES string of the molecule is CC[C@@]1(O)C(=O)CCc2c1cc1n(c2=O)Cc2cc3c(COC(C)(C)C)c(C(C)C)ccc3nc2-1. The van der Waals surface area contributed by atoms with Gasteiger partial charge in [-0.25, -0.2) is 4.98 Å². The molecule has 1 aliphatic carbocycles. The molecule has 3 aromatic rings. The third-order valence-electron chi connectivity index (χ3n) is 7.49. The van der Waals surface area contributed by atoms with Crippen LogP contribution in [0.15, 0.2) is 29.1 Å². The first-order valence-electron chi connectivity index (χ1n) is 12.6. The van der Waals surface area contributed by atoms with Crippen molar-refractivity contribution >= 4 is 16.7 Å². The van der Waals surface area contributed by atoms with Gasteiger partial charge in [-0.3, -0.25) is 9.59 Å². The highest BCUT2D eigenvalue weighted by Gasteiger charge is 2.43. The number of fused-ring (bicyclic) bond motifs is 5. The van der Waals surface area contributed by atoms with E-state index in [-0.39, 0.29) is 29.8 Å². The number of Topliss-reactive ketones (excluding diaryl/α,β-unsaturated/α-hetero) is 1. The van der Waals surface area contributed by atoms with Crippen LogP contribution in [0.1, 0.15) is 88.1 Å². The van der Waals surface area contributed by atoms with E-state index >= 15 is 0 Å². The number of hydrogen-bond acceptors (Lipinski definition) is 5. The van der Waals surface area contributed by atoms with E-state index in [9.17, 15) is 14.7 Å². The zero-order valence-corrected chi connectivity index (χ0v) is 21.5. The van der Waals surface area contributed by atoms with Crippen molar-refractivity contribution in [3.05, 3.63) is 62.4 Å². The molecule has 0 spiro atoms. The van der Waals surface area contributed by atoms with Crippen LogP contribution in [0.2, 0.25) is 0 Å². The van der Waals surface area contributed by atoms with Crippen molar-refractivity contribution in [2.45, 2.75) is 91.1 Å². The van der Waals surface area contributed by atoms with Gasteiger partial charge >= 0.3 is 0 Å². The second-order valence-electron chi connectivity index (χ2n) is 11.2. The van der Waals surface area contributed by atoms with Crippen molar-refractivity contribution in [3.63, 3.8) is 0 Å². The van der Waals surface area contributed by atoms with Crippen LogP contribution in [0.25, 0.3) is 22.3 Å². The van der Waals surface area contributed by atoms with E-state index < -0.39 is 5.60 Å². The Hall–Kier alpha value is -2.83. The number of ether oxygens (including phenoxy) is 1. The van der Waals surface area contributed by atoms with Gasteiger partial charge in [0.05, 0.1) is 35.7 Å². The van der Waals surface area contributed by atoms with Crippen LogP contribution >= 0.6 is 0 Å². The van der Waals surface area contributed by atoms with Gasteiger partial charge in [-0.15, -0.1) is 0 Å². The Kier molecular flexibility index (Phi) is 5.53. The minimum atomic E-state index is -1.61. The predicted molar refractivity (Wildman–Crippen MR) is 137 cm³/mol. The first-order chi connectivity index (χ1) is 16.4. The second kappa shape index (κ2) is 8.10. The van der Waals surface area contributed by atoms with Gasteiger partial charge in [-0.1, -0.05) is 26.8 Å². The van der Waals surface area contributed by atoms with Crippen LogP contribution in [0.4, 0.5) is 0 Å². The molecule has 1 aromatic carbocycles. The number of aromatic nitrogens is 2. The molecule has 6 heteroatoms. The smallest absolute Gasteiger partial charge is 0.254 e. The summed E-state index contributed by atoms with van der Waals surface area (Å²) >= 11 is 0. The molecule has 3 heterocycles. The molecule has 1 N–H and O–H groups in total. The molecule has 1 atom stereocenters. The van der Waals surface area contributed by atoms with Crippen molar-refractivity contribution in [3.8, 4) is 11.4 Å². The Morgan fingerprint density at radius 2 is 1.91 bits per heavy atom. The van der Waals surface area contributed by atoms with Crippen molar-refractivity contribution in [2.24, 2.45) is 0 Å². The normalized spacial score (nSPS) is 19.3. The minimum absolute atomic E-state index is 0.127. The molecule has 0 bridgehead atoms. The fourth-order valence-electron chi connectivity index (χ4n) is 5.50. The molecular weight excluding hydrogens is 440 g/mol. The summed E-state index contributed by atoms with van der Waals surface area (Å²) in [6.45, 7) is 13.2. The van der Waals surface area contributed by atoms with Gasteiger partial charge in [-0.2, -0.15) is 0 Å². The molecule has 184 valence electrons. The van der Waals surface area contributed by atoms with Crippen LogP contribution in [0.5, 0.6) is 0 Å². The number of hydrogen-bond donors (Lipinski definition) is 1. The number of nitrogens with zero attached hydrogens (tertiary/aromatic N) is 2. The maximum Gasteiger partial charge on any atom is 0.254 e. The average molecular weight is 475 g/mol. The van der Waals surface area contributed by atoms with Gasteiger partial charge in [0, 0.05) is 28.5 Å². The van der Waals surface area contributed by atoms with E-state index in [1.54, 1.807) is 11.5 Å². The van der Waals surface area contributed by atoms with E-state index in [1.807, 2.05) is 12.1 Å². The van der Waals surface area contributed by atoms with Crippen LogP contribution in [-0.4, -0.2) is 26.0 Å². The average Bonchev–Trinajstić information content (AvgIpc) is 3.16. The van der Waals surface area contributed by atoms with Crippen molar-refractivity contribution in [1.82, 2.24) is 9.55 Å². The highest BCUT2D eigenvalue weighted by molar-refractivity contribution is 5.92. The van der Waals surface area contributed by atoms with Crippen molar-refractivity contribution in [1.29, 1.82) is 0 Å². The highest BCUT2D eigenvalue weighted by atomic mass is 16.5. The molecule has 6 nitrogen and oxygen atoms in total. The van der Waals surface area contributed by atoms with Crippen LogP contribution in [-0.2, 0) is 34.7 Å². The van der Waals surface area contributed by atoms with E-state index in [2.05, 4.69) is 46.8 Å². The summed E-state index contributed by atoms with van der Waals surface area (Å²) in [5.74, 6) is 0.119. The summed E-state index contributed by atoms with van der Waals surface area (Å²) < 4.78 is 7.93. The number of carbonyl (C=O) groups is 1. The van der Waals surface area contributed by atoms with Gasteiger partial charge in [-0.05, 0) is 68.9 Å². The first kappa shape index (κ1) is 23.9. The first-order valence-corrected chi connectivity index (χ1v) is 12.6. The lowest BCUT2D eigenvalue weighted by Gasteiger charge is -2.32. The van der Waals surface area contributed by atoms with E-state index in [0.717, 1.165) is 27.7 Å². The molecule has 2 aromatic heterocycles. The van der Waals surface area contributed by atoms with E-state index in [4.69, 9.17) is 9.72 Å². The molecule has 35 heavy (non-hydrogen) atoms. The number of carbonyl (C=O) groups excluding carboxylic acids is 1. The Balaban J connectivity index is 1.70. The van der Waals surface area contributed by atoms with Gasteiger partial charge in [0.1, 0.15) is 5.60 Å². The molecule has 2 aliphatic rings. The topological polar surface area (TPSA) is 81.4 Å². The number of pyridine rings is 2. The Bertz CT molecular complexity index is 1430. The molecule has 0 radical (unpaired) electrons. The van der Waals surface area contributed by atoms with Crippen LogP contribution < -0.4 is 5.56 Å². The summed E-state index contributed by atoms with van der Waals surface area (Å²) in [7, 11) is 0. The number of rotatable bonds is 4. The summed E-state index contributed by atoms with van der Waals surface area (Å²) in [6, 6.07) is 8.13. The number of ketones is 1. The number of benzene rings is 1. The van der Waals surface area contributed by atoms with Gasteiger partial charge in [0.25, 0.3) is 5.56 Å². The van der Waals surface area contributed by atoms with Crippen molar-refractivity contribution < 1.29 is 14.6 Å². The molecule has 0 unspecified atom stereocenters. The summed E-state index contributed by atoms with van der Waals surface area (Å²) in [5, 5.41) is 12.2.